The van der Waals surface area contributed by atoms with Gasteiger partial charge in [-0.25, -0.2) is 8.42 Å². The van der Waals surface area contributed by atoms with Gasteiger partial charge in [0.15, 0.2) is 9.84 Å². The van der Waals surface area contributed by atoms with Gasteiger partial charge in [0.25, 0.3) is 0 Å². The maximum absolute atomic E-state index is 13.1. The van der Waals surface area contributed by atoms with Crippen LogP contribution in [0.1, 0.15) is 20.8 Å². The molecule has 4 heterocycles. The minimum Gasteiger partial charge on any atom is -0.360 e. The van der Waals surface area contributed by atoms with Crippen molar-refractivity contribution in [3.8, 4) is 0 Å². The van der Waals surface area contributed by atoms with Crippen LogP contribution in [-0.2, 0) is 24.2 Å². The lowest BCUT2D eigenvalue weighted by atomic mass is 9.76. The van der Waals surface area contributed by atoms with E-state index in [-0.39, 0.29) is 48.1 Å². The second-order valence-corrected chi connectivity index (χ2v) is 10.8. The zero-order valence-corrected chi connectivity index (χ0v) is 15.6. The number of carbonyl (C=O) groups is 2. The highest BCUT2D eigenvalue weighted by Gasteiger charge is 2.68. The molecule has 4 aliphatic heterocycles. The summed E-state index contributed by atoms with van der Waals surface area (Å²) >= 11 is 0. The van der Waals surface area contributed by atoms with Gasteiger partial charge in [0.05, 0.1) is 36.0 Å². The Kier molecular flexibility index (Phi) is 3.45. The van der Waals surface area contributed by atoms with Crippen LogP contribution in [0.15, 0.2) is 12.2 Å². The van der Waals surface area contributed by atoms with Crippen LogP contribution in [0, 0.1) is 11.8 Å². The number of fused-ring (bicyclic) bond motifs is 1. The summed E-state index contributed by atoms with van der Waals surface area (Å²) in [5.74, 6) is -1.27. The summed E-state index contributed by atoms with van der Waals surface area (Å²) in [5.41, 5.74) is -1.05. The molecule has 0 aromatic heterocycles. The average molecular weight is 368 g/mol. The van der Waals surface area contributed by atoms with Crippen molar-refractivity contribution in [1.29, 1.82) is 0 Å². The minimum atomic E-state index is -3.06. The van der Waals surface area contributed by atoms with E-state index >= 15 is 0 Å². The molecule has 25 heavy (non-hydrogen) atoms. The van der Waals surface area contributed by atoms with Crippen LogP contribution < -0.4 is 0 Å². The van der Waals surface area contributed by atoms with Crippen molar-refractivity contribution < 1.29 is 22.7 Å². The van der Waals surface area contributed by atoms with Crippen LogP contribution in [0.5, 0.6) is 0 Å². The van der Waals surface area contributed by atoms with Crippen molar-refractivity contribution in [2.45, 2.75) is 38.0 Å². The summed E-state index contributed by atoms with van der Waals surface area (Å²) in [7, 11) is -3.06. The van der Waals surface area contributed by atoms with Crippen LogP contribution >= 0.6 is 0 Å². The fraction of sp³-hybridized carbons (Fsp3) is 0.765. The van der Waals surface area contributed by atoms with Crippen LogP contribution in [0.3, 0.4) is 0 Å². The molecule has 0 aromatic carbocycles. The molecule has 0 aliphatic carbocycles. The van der Waals surface area contributed by atoms with E-state index in [0.717, 1.165) is 0 Å². The highest BCUT2D eigenvalue weighted by atomic mass is 32.2. The second kappa shape index (κ2) is 5.07. The second-order valence-electron chi connectivity index (χ2n) is 8.47. The number of likely N-dealkylation sites (tertiary alicyclic amines) is 1. The summed E-state index contributed by atoms with van der Waals surface area (Å²) < 4.78 is 29.3. The molecular formula is C17H24N2O5S. The Bertz CT molecular complexity index is 754. The first-order valence-corrected chi connectivity index (χ1v) is 10.5. The zero-order valence-electron chi connectivity index (χ0n) is 14.8. The zero-order chi connectivity index (χ0) is 18.2. The van der Waals surface area contributed by atoms with E-state index in [1.165, 1.54) is 0 Å². The SMILES string of the molecule is CC(C)(C)N1C[C@]23C=C[C@H](O2)[C@H](C(=O)N2CCS(=O)(=O)CC2)[C@@H]3C1=O. The average Bonchev–Trinajstić information content (AvgIpc) is 3.14. The molecule has 0 saturated carbocycles. The molecule has 2 amide bonds. The number of nitrogens with zero attached hydrogens (tertiary/aromatic N) is 2. The topological polar surface area (TPSA) is 84.0 Å². The molecular weight excluding hydrogens is 344 g/mol. The van der Waals surface area contributed by atoms with Gasteiger partial charge in [-0.15, -0.1) is 0 Å². The quantitative estimate of drug-likeness (QED) is 0.600. The first-order chi connectivity index (χ1) is 11.5. The standard InChI is InChI=1S/C17H24N2O5S/c1-16(2,3)19-10-17-5-4-11(24-17)12(13(17)15(19)21)14(20)18-6-8-25(22,23)9-7-18/h4-5,11-13H,6-10H2,1-3H3/t11-,12-,13+,17-/m0/s1. The Balaban J connectivity index is 1.61. The largest absolute Gasteiger partial charge is 0.360 e. The third kappa shape index (κ3) is 2.44. The highest BCUT2D eigenvalue weighted by Crippen LogP contribution is 2.53. The molecule has 0 N–H and O–H groups in total. The van der Waals surface area contributed by atoms with Gasteiger partial charge in [-0.1, -0.05) is 12.2 Å². The highest BCUT2D eigenvalue weighted by molar-refractivity contribution is 7.91. The van der Waals surface area contributed by atoms with E-state index < -0.39 is 27.3 Å². The molecule has 4 rings (SSSR count). The van der Waals surface area contributed by atoms with E-state index in [1.54, 1.807) is 9.80 Å². The van der Waals surface area contributed by atoms with Gasteiger partial charge in [0.1, 0.15) is 5.60 Å². The Hall–Kier alpha value is -1.41. The first-order valence-electron chi connectivity index (χ1n) is 8.72. The van der Waals surface area contributed by atoms with Crippen molar-refractivity contribution in [2.24, 2.45) is 11.8 Å². The van der Waals surface area contributed by atoms with Crippen LogP contribution in [0.4, 0.5) is 0 Å². The molecule has 0 radical (unpaired) electrons. The van der Waals surface area contributed by atoms with E-state index in [0.29, 0.717) is 6.54 Å². The van der Waals surface area contributed by atoms with Crippen LogP contribution in [0.2, 0.25) is 0 Å². The van der Waals surface area contributed by atoms with Crippen molar-refractivity contribution in [1.82, 2.24) is 9.80 Å². The Morgan fingerprint density at radius 1 is 1.28 bits per heavy atom. The monoisotopic (exact) mass is 368 g/mol. The van der Waals surface area contributed by atoms with Crippen LogP contribution in [0.25, 0.3) is 0 Å². The fourth-order valence-electron chi connectivity index (χ4n) is 4.49. The van der Waals surface area contributed by atoms with Gasteiger partial charge < -0.3 is 14.5 Å². The predicted octanol–water partition coefficient (Wildman–Crippen LogP) is -0.176. The molecule has 0 unspecified atom stereocenters. The van der Waals surface area contributed by atoms with E-state index in [1.807, 2.05) is 32.9 Å². The molecule has 3 fully saturated rings. The number of amides is 2. The summed E-state index contributed by atoms with van der Waals surface area (Å²) in [6.07, 6.45) is 3.44. The van der Waals surface area contributed by atoms with Gasteiger partial charge in [-0.05, 0) is 20.8 Å². The lowest BCUT2D eigenvalue weighted by Crippen LogP contribution is -2.51. The molecule has 7 nitrogen and oxygen atoms in total. The van der Waals surface area contributed by atoms with Gasteiger partial charge in [0.2, 0.25) is 11.8 Å². The lowest BCUT2D eigenvalue weighted by molar-refractivity contribution is -0.144. The number of ether oxygens (including phenoxy) is 1. The van der Waals surface area contributed by atoms with Gasteiger partial charge >= 0.3 is 0 Å². The number of hydrogen-bond acceptors (Lipinski definition) is 5. The molecule has 2 bridgehead atoms. The Morgan fingerprint density at radius 3 is 2.52 bits per heavy atom. The number of rotatable bonds is 1. The van der Waals surface area contributed by atoms with E-state index in [4.69, 9.17) is 4.74 Å². The van der Waals surface area contributed by atoms with E-state index in [9.17, 15) is 18.0 Å². The molecule has 3 saturated heterocycles. The third-order valence-corrected chi connectivity index (χ3v) is 7.46. The van der Waals surface area contributed by atoms with Gasteiger partial charge in [-0.2, -0.15) is 0 Å². The summed E-state index contributed by atoms with van der Waals surface area (Å²) in [6.45, 7) is 6.79. The predicted molar refractivity (Wildman–Crippen MR) is 90.4 cm³/mol. The smallest absolute Gasteiger partial charge is 0.230 e. The first kappa shape index (κ1) is 17.0. The summed E-state index contributed by atoms with van der Waals surface area (Å²) in [5, 5.41) is 0. The molecule has 138 valence electrons. The lowest BCUT2D eigenvalue weighted by Gasteiger charge is -2.34. The molecule has 4 atom stereocenters. The molecule has 8 heteroatoms. The van der Waals surface area contributed by atoms with Crippen molar-refractivity contribution in [2.75, 3.05) is 31.1 Å². The fourth-order valence-corrected chi connectivity index (χ4v) is 5.69. The Labute approximate surface area is 147 Å². The maximum atomic E-state index is 13.1. The molecule has 1 spiro atoms. The summed E-state index contributed by atoms with van der Waals surface area (Å²) in [6, 6.07) is 0. The van der Waals surface area contributed by atoms with Crippen LogP contribution in [-0.4, -0.2) is 78.4 Å². The minimum absolute atomic E-state index is 0.00923. The number of carbonyl (C=O) groups excluding carboxylic acids is 2. The number of sulfone groups is 1. The van der Waals surface area contributed by atoms with E-state index in [2.05, 4.69) is 0 Å². The summed E-state index contributed by atoms with van der Waals surface area (Å²) in [4.78, 5) is 29.5. The van der Waals surface area contributed by atoms with Gasteiger partial charge in [-0.3, -0.25) is 9.59 Å². The molecule has 0 aromatic rings. The Morgan fingerprint density at radius 2 is 1.92 bits per heavy atom. The van der Waals surface area contributed by atoms with Crippen molar-refractivity contribution in [3.63, 3.8) is 0 Å². The normalized spacial score (nSPS) is 39.2. The molecule has 4 aliphatic rings. The maximum Gasteiger partial charge on any atom is 0.230 e. The van der Waals surface area contributed by atoms with Gasteiger partial charge in [0, 0.05) is 18.6 Å². The van der Waals surface area contributed by atoms with Crippen molar-refractivity contribution >= 4 is 21.7 Å². The number of hydrogen-bond donors (Lipinski definition) is 0. The third-order valence-electron chi connectivity index (χ3n) is 5.85. The van der Waals surface area contributed by atoms with Crippen molar-refractivity contribution in [3.05, 3.63) is 12.2 Å².